The first-order valence-electron chi connectivity index (χ1n) is 7.27. The van der Waals surface area contributed by atoms with Crippen LogP contribution in [-0.4, -0.2) is 33.8 Å². The third-order valence-electron chi connectivity index (χ3n) is 4.16. The van der Waals surface area contributed by atoms with Crippen molar-refractivity contribution < 1.29 is 0 Å². The van der Waals surface area contributed by atoms with Crippen LogP contribution in [0.1, 0.15) is 25.3 Å². The molecular formula is C15H20BrN5. The Morgan fingerprint density at radius 1 is 1.43 bits per heavy atom. The number of hydrogen-bond acceptors (Lipinski definition) is 4. The minimum atomic E-state index is 0.187. The molecule has 0 bridgehead atoms. The number of H-pyrrole nitrogens is 1. The summed E-state index contributed by atoms with van der Waals surface area (Å²) in [7, 11) is 0. The van der Waals surface area contributed by atoms with Gasteiger partial charge in [-0.2, -0.15) is 4.98 Å². The van der Waals surface area contributed by atoms with E-state index in [9.17, 15) is 0 Å². The molecule has 1 aromatic heterocycles. The predicted octanol–water partition coefficient (Wildman–Crippen LogP) is 2.86. The van der Waals surface area contributed by atoms with E-state index in [4.69, 9.17) is 5.73 Å². The second kappa shape index (κ2) is 5.77. The van der Waals surface area contributed by atoms with E-state index in [1.54, 1.807) is 0 Å². The van der Waals surface area contributed by atoms with Crippen LogP contribution >= 0.6 is 15.9 Å². The number of nitrogens with two attached hydrogens (primary N) is 1. The smallest absolute Gasteiger partial charge is 0.245 e. The first-order valence-corrected chi connectivity index (χ1v) is 8.06. The molecule has 3 N–H and O–H groups in total. The summed E-state index contributed by atoms with van der Waals surface area (Å²) in [5, 5.41) is 7.42. The molecule has 1 aromatic carbocycles. The molecule has 5 nitrogen and oxygen atoms in total. The Morgan fingerprint density at radius 2 is 2.24 bits per heavy atom. The summed E-state index contributed by atoms with van der Waals surface area (Å²) in [6.45, 7) is 5.17. The number of halogens is 1. The van der Waals surface area contributed by atoms with Gasteiger partial charge in [0, 0.05) is 28.7 Å². The van der Waals surface area contributed by atoms with Crippen molar-refractivity contribution >= 4 is 21.9 Å². The number of aromatic amines is 1. The minimum Gasteiger partial charge on any atom is -0.335 e. The standard InChI is InChI=1S/C15H20BrN5/c1-9-5-6-11(12(16)8-9)14-18-15(20-19-14)21-7-3-4-13(17)10(21)2/h5-6,8,10,13H,3-4,7,17H2,1-2H3,(H,18,19,20). The Kier molecular flexibility index (Phi) is 3.99. The fourth-order valence-corrected chi connectivity index (χ4v) is 3.45. The highest BCUT2D eigenvalue weighted by atomic mass is 79.9. The fraction of sp³-hybridized carbons (Fsp3) is 0.467. The molecule has 2 heterocycles. The van der Waals surface area contributed by atoms with Crippen molar-refractivity contribution in [1.29, 1.82) is 0 Å². The fourth-order valence-electron chi connectivity index (χ4n) is 2.77. The van der Waals surface area contributed by atoms with Gasteiger partial charge in [0.05, 0.1) is 0 Å². The molecule has 0 saturated carbocycles. The number of anilines is 1. The van der Waals surface area contributed by atoms with E-state index in [0.717, 1.165) is 41.2 Å². The Balaban J connectivity index is 1.89. The Hall–Kier alpha value is -1.40. The van der Waals surface area contributed by atoms with Crippen LogP contribution < -0.4 is 10.6 Å². The third kappa shape index (κ3) is 2.82. The molecule has 3 rings (SSSR count). The molecular weight excluding hydrogens is 330 g/mol. The highest BCUT2D eigenvalue weighted by Crippen LogP contribution is 2.28. The number of aryl methyl sites for hydroxylation is 1. The molecule has 0 amide bonds. The number of hydrogen-bond donors (Lipinski definition) is 2. The summed E-state index contributed by atoms with van der Waals surface area (Å²) >= 11 is 3.59. The van der Waals surface area contributed by atoms with Gasteiger partial charge in [-0.25, -0.2) is 0 Å². The first kappa shape index (κ1) is 14.5. The van der Waals surface area contributed by atoms with E-state index in [0.29, 0.717) is 0 Å². The predicted molar refractivity (Wildman–Crippen MR) is 88.3 cm³/mol. The second-order valence-corrected chi connectivity index (χ2v) is 6.56. The average Bonchev–Trinajstić information content (AvgIpc) is 2.91. The molecule has 1 aliphatic heterocycles. The van der Waals surface area contributed by atoms with Crippen molar-refractivity contribution in [1.82, 2.24) is 15.2 Å². The van der Waals surface area contributed by atoms with Crippen LogP contribution in [0.2, 0.25) is 0 Å². The van der Waals surface area contributed by atoms with Crippen LogP contribution in [0.4, 0.5) is 5.95 Å². The van der Waals surface area contributed by atoms with Gasteiger partial charge in [-0.05, 0) is 44.4 Å². The molecule has 1 fully saturated rings. The highest BCUT2D eigenvalue weighted by Gasteiger charge is 2.27. The van der Waals surface area contributed by atoms with Gasteiger partial charge in [-0.1, -0.05) is 22.0 Å². The minimum absolute atomic E-state index is 0.187. The van der Waals surface area contributed by atoms with Gasteiger partial charge in [0.25, 0.3) is 0 Å². The van der Waals surface area contributed by atoms with E-state index in [1.165, 1.54) is 5.56 Å². The lowest BCUT2D eigenvalue weighted by Gasteiger charge is -2.36. The zero-order valence-electron chi connectivity index (χ0n) is 12.3. The van der Waals surface area contributed by atoms with Gasteiger partial charge in [0.1, 0.15) is 0 Å². The summed E-state index contributed by atoms with van der Waals surface area (Å²) in [5.74, 6) is 1.52. The van der Waals surface area contributed by atoms with Gasteiger partial charge in [-0.15, -0.1) is 5.10 Å². The number of rotatable bonds is 2. The summed E-state index contributed by atoms with van der Waals surface area (Å²) < 4.78 is 1.02. The summed E-state index contributed by atoms with van der Waals surface area (Å²) in [5.41, 5.74) is 8.38. The van der Waals surface area contributed by atoms with Gasteiger partial charge in [0.15, 0.2) is 5.82 Å². The summed E-state index contributed by atoms with van der Waals surface area (Å²) in [4.78, 5) is 6.84. The van der Waals surface area contributed by atoms with Crippen molar-refractivity contribution in [2.75, 3.05) is 11.4 Å². The second-order valence-electron chi connectivity index (χ2n) is 5.71. The van der Waals surface area contributed by atoms with Crippen LogP contribution in [0.15, 0.2) is 22.7 Å². The lowest BCUT2D eigenvalue weighted by atomic mass is 9.99. The quantitative estimate of drug-likeness (QED) is 0.874. The molecule has 1 saturated heterocycles. The topological polar surface area (TPSA) is 70.8 Å². The van der Waals surface area contributed by atoms with Crippen molar-refractivity contribution in [3.05, 3.63) is 28.2 Å². The number of benzene rings is 1. The number of piperidine rings is 1. The molecule has 6 heteroatoms. The summed E-state index contributed by atoms with van der Waals surface area (Å²) in [6.07, 6.45) is 2.15. The van der Waals surface area contributed by atoms with Crippen molar-refractivity contribution in [2.45, 2.75) is 38.8 Å². The molecule has 0 spiro atoms. The molecule has 112 valence electrons. The molecule has 0 aliphatic carbocycles. The zero-order chi connectivity index (χ0) is 15.0. The lowest BCUT2D eigenvalue weighted by molar-refractivity contribution is 0.416. The van der Waals surface area contributed by atoms with Gasteiger partial charge in [-0.3, -0.25) is 5.10 Å². The number of aromatic nitrogens is 3. The maximum absolute atomic E-state index is 6.15. The van der Waals surface area contributed by atoms with E-state index in [2.05, 4.69) is 68.1 Å². The van der Waals surface area contributed by atoms with Crippen LogP contribution in [0.25, 0.3) is 11.4 Å². The molecule has 0 radical (unpaired) electrons. The van der Waals surface area contributed by atoms with Crippen molar-refractivity contribution in [2.24, 2.45) is 5.73 Å². The molecule has 21 heavy (non-hydrogen) atoms. The Labute approximate surface area is 133 Å². The van der Waals surface area contributed by atoms with Gasteiger partial charge < -0.3 is 10.6 Å². The monoisotopic (exact) mass is 349 g/mol. The largest absolute Gasteiger partial charge is 0.335 e. The third-order valence-corrected chi connectivity index (χ3v) is 4.81. The van der Waals surface area contributed by atoms with Crippen molar-refractivity contribution in [3.63, 3.8) is 0 Å². The van der Waals surface area contributed by atoms with Crippen LogP contribution in [0.3, 0.4) is 0 Å². The van der Waals surface area contributed by atoms with Crippen LogP contribution in [0.5, 0.6) is 0 Å². The molecule has 2 aromatic rings. The van der Waals surface area contributed by atoms with Crippen LogP contribution in [0, 0.1) is 6.92 Å². The molecule has 2 atom stereocenters. The maximum atomic E-state index is 6.15. The zero-order valence-corrected chi connectivity index (χ0v) is 13.9. The maximum Gasteiger partial charge on any atom is 0.245 e. The number of nitrogens with one attached hydrogen (secondary N) is 1. The van der Waals surface area contributed by atoms with Crippen molar-refractivity contribution in [3.8, 4) is 11.4 Å². The molecule has 2 unspecified atom stereocenters. The Morgan fingerprint density at radius 3 is 3.00 bits per heavy atom. The van der Waals surface area contributed by atoms with E-state index < -0.39 is 0 Å². The Bertz CT molecular complexity index is 639. The number of nitrogens with zero attached hydrogens (tertiary/aromatic N) is 3. The average molecular weight is 350 g/mol. The van der Waals surface area contributed by atoms with E-state index in [1.807, 2.05) is 0 Å². The van der Waals surface area contributed by atoms with Crippen LogP contribution in [-0.2, 0) is 0 Å². The molecule has 1 aliphatic rings. The normalized spacial score (nSPS) is 22.6. The SMILES string of the molecule is Cc1ccc(-c2nc(N3CCCC(N)C3C)n[nH]2)c(Br)c1. The van der Waals surface area contributed by atoms with E-state index in [-0.39, 0.29) is 12.1 Å². The summed E-state index contributed by atoms with van der Waals surface area (Å²) in [6, 6.07) is 6.66. The first-order chi connectivity index (χ1) is 10.1. The lowest BCUT2D eigenvalue weighted by Crippen LogP contribution is -2.50. The van der Waals surface area contributed by atoms with Gasteiger partial charge >= 0.3 is 0 Å². The highest BCUT2D eigenvalue weighted by molar-refractivity contribution is 9.10. The van der Waals surface area contributed by atoms with E-state index >= 15 is 0 Å². The van der Waals surface area contributed by atoms with Gasteiger partial charge in [0.2, 0.25) is 5.95 Å².